The summed E-state index contributed by atoms with van der Waals surface area (Å²) < 4.78 is 5.40. The molecule has 128 valence electrons. The number of H-pyrrole nitrogens is 1. The molecule has 5 heteroatoms. The van der Waals surface area contributed by atoms with E-state index >= 15 is 0 Å². The van der Waals surface area contributed by atoms with Gasteiger partial charge in [-0.05, 0) is 35.6 Å². The van der Waals surface area contributed by atoms with E-state index in [1.807, 2.05) is 43.3 Å². The maximum absolute atomic E-state index is 12.4. The zero-order chi connectivity index (χ0) is 17.6. The highest BCUT2D eigenvalue weighted by atomic mass is 16.5. The van der Waals surface area contributed by atoms with E-state index in [1.165, 1.54) is 0 Å². The smallest absolute Gasteiger partial charge is 0.268 e. The molecule has 3 rings (SSSR count). The molecular weight excluding hydrogens is 316 g/mol. The summed E-state index contributed by atoms with van der Waals surface area (Å²) in [5.74, 6) is -0.307. The molecule has 0 unspecified atom stereocenters. The lowest BCUT2D eigenvalue weighted by Crippen LogP contribution is -2.26. The van der Waals surface area contributed by atoms with Crippen LogP contribution in [0.25, 0.3) is 10.8 Å². The Kier molecular flexibility index (Phi) is 5.26. The van der Waals surface area contributed by atoms with Crippen molar-refractivity contribution in [2.75, 3.05) is 6.61 Å². The van der Waals surface area contributed by atoms with Crippen molar-refractivity contribution >= 4 is 16.7 Å². The number of carbonyl (C=O) groups excluding carboxylic acids is 1. The highest BCUT2D eigenvalue weighted by Crippen LogP contribution is 2.10. The van der Waals surface area contributed by atoms with Gasteiger partial charge in [0.15, 0.2) is 0 Å². The third-order valence-corrected chi connectivity index (χ3v) is 3.92. The molecule has 0 aliphatic carbocycles. The molecule has 0 saturated heterocycles. The number of rotatable bonds is 6. The van der Waals surface area contributed by atoms with Gasteiger partial charge in [0.25, 0.3) is 11.5 Å². The van der Waals surface area contributed by atoms with Crippen molar-refractivity contribution in [3.05, 3.63) is 81.8 Å². The number of fused-ring (bicyclic) bond motifs is 1. The number of hydrogen-bond acceptors (Lipinski definition) is 3. The van der Waals surface area contributed by atoms with Crippen LogP contribution in [0.3, 0.4) is 0 Å². The molecule has 5 nitrogen and oxygen atoms in total. The van der Waals surface area contributed by atoms with Crippen LogP contribution >= 0.6 is 0 Å². The van der Waals surface area contributed by atoms with Gasteiger partial charge in [0.2, 0.25) is 0 Å². The van der Waals surface area contributed by atoms with Crippen molar-refractivity contribution in [3.63, 3.8) is 0 Å². The van der Waals surface area contributed by atoms with Crippen LogP contribution in [-0.4, -0.2) is 17.5 Å². The van der Waals surface area contributed by atoms with Gasteiger partial charge in [-0.2, -0.15) is 0 Å². The minimum absolute atomic E-state index is 0.258. The molecule has 0 bridgehead atoms. The average molecular weight is 336 g/mol. The molecular formula is C20H20N2O3. The Morgan fingerprint density at radius 1 is 1.08 bits per heavy atom. The van der Waals surface area contributed by atoms with Crippen molar-refractivity contribution in [2.24, 2.45) is 0 Å². The van der Waals surface area contributed by atoms with E-state index in [1.54, 1.807) is 18.2 Å². The molecule has 2 N–H and O–H groups in total. The summed E-state index contributed by atoms with van der Waals surface area (Å²) in [4.78, 5) is 27.1. The molecule has 1 heterocycles. The second-order valence-corrected chi connectivity index (χ2v) is 5.74. The van der Waals surface area contributed by atoms with Crippen molar-refractivity contribution in [1.82, 2.24) is 10.3 Å². The van der Waals surface area contributed by atoms with Crippen molar-refractivity contribution < 1.29 is 9.53 Å². The third kappa shape index (κ3) is 4.14. The topological polar surface area (TPSA) is 71.2 Å². The predicted molar refractivity (Wildman–Crippen MR) is 97.5 cm³/mol. The highest BCUT2D eigenvalue weighted by Gasteiger charge is 2.09. The maximum Gasteiger partial charge on any atom is 0.268 e. The monoisotopic (exact) mass is 336 g/mol. The van der Waals surface area contributed by atoms with Crippen LogP contribution in [0, 0.1) is 0 Å². The number of aromatic amines is 1. The minimum Gasteiger partial charge on any atom is -0.377 e. The molecule has 0 fully saturated rings. The number of amides is 1. The Balaban J connectivity index is 1.72. The van der Waals surface area contributed by atoms with Gasteiger partial charge < -0.3 is 15.0 Å². The maximum atomic E-state index is 12.4. The van der Waals surface area contributed by atoms with E-state index in [2.05, 4.69) is 10.3 Å². The lowest BCUT2D eigenvalue weighted by molar-refractivity contribution is 0.0946. The Morgan fingerprint density at radius 3 is 2.72 bits per heavy atom. The zero-order valence-corrected chi connectivity index (χ0v) is 14.0. The number of hydrogen-bond donors (Lipinski definition) is 2. The fraction of sp³-hybridized carbons (Fsp3) is 0.200. The number of pyridine rings is 1. The quantitative estimate of drug-likeness (QED) is 0.727. The Morgan fingerprint density at radius 2 is 1.88 bits per heavy atom. The van der Waals surface area contributed by atoms with E-state index in [4.69, 9.17) is 4.74 Å². The molecule has 0 spiro atoms. The molecule has 2 aromatic carbocycles. The van der Waals surface area contributed by atoms with Crippen LogP contribution < -0.4 is 10.9 Å². The molecule has 1 aromatic heterocycles. The van der Waals surface area contributed by atoms with E-state index in [0.717, 1.165) is 16.5 Å². The SMILES string of the molecule is CCOCc1cccc(CNC(=O)c2cc3ccccc3c(=O)[nH]2)c1. The Hall–Kier alpha value is -2.92. The van der Waals surface area contributed by atoms with Gasteiger partial charge >= 0.3 is 0 Å². The first-order valence-corrected chi connectivity index (χ1v) is 8.23. The van der Waals surface area contributed by atoms with Crippen LogP contribution in [0.4, 0.5) is 0 Å². The minimum atomic E-state index is -0.307. The fourth-order valence-electron chi connectivity index (χ4n) is 2.66. The number of benzene rings is 2. The number of nitrogens with one attached hydrogen (secondary N) is 2. The molecule has 0 aliphatic rings. The van der Waals surface area contributed by atoms with Gasteiger partial charge in [-0.25, -0.2) is 0 Å². The van der Waals surface area contributed by atoms with Crippen molar-refractivity contribution in [1.29, 1.82) is 0 Å². The normalized spacial score (nSPS) is 10.8. The van der Waals surface area contributed by atoms with Gasteiger partial charge in [0.05, 0.1) is 6.61 Å². The highest BCUT2D eigenvalue weighted by molar-refractivity contribution is 5.96. The van der Waals surface area contributed by atoms with Crippen LogP contribution in [0.2, 0.25) is 0 Å². The second-order valence-electron chi connectivity index (χ2n) is 5.74. The van der Waals surface area contributed by atoms with Gasteiger partial charge in [-0.1, -0.05) is 42.5 Å². The summed E-state index contributed by atoms with van der Waals surface area (Å²) in [6.45, 7) is 3.55. The third-order valence-electron chi connectivity index (χ3n) is 3.92. The summed E-state index contributed by atoms with van der Waals surface area (Å²) >= 11 is 0. The largest absolute Gasteiger partial charge is 0.377 e. The molecule has 0 atom stereocenters. The van der Waals surface area contributed by atoms with Crippen LogP contribution in [0.5, 0.6) is 0 Å². The van der Waals surface area contributed by atoms with E-state index < -0.39 is 0 Å². The first-order chi connectivity index (χ1) is 12.2. The molecule has 1 amide bonds. The summed E-state index contributed by atoms with van der Waals surface area (Å²) in [6, 6.07) is 16.8. The van der Waals surface area contributed by atoms with Crippen molar-refractivity contribution in [2.45, 2.75) is 20.1 Å². The van der Waals surface area contributed by atoms with Crippen LogP contribution in [-0.2, 0) is 17.9 Å². The van der Waals surface area contributed by atoms with Gasteiger partial charge in [0, 0.05) is 18.5 Å². The van der Waals surface area contributed by atoms with Gasteiger partial charge in [0.1, 0.15) is 5.69 Å². The Bertz CT molecular complexity index is 947. The molecule has 3 aromatic rings. The Labute approximate surface area is 145 Å². The van der Waals surface area contributed by atoms with E-state index in [0.29, 0.717) is 25.1 Å². The fourth-order valence-corrected chi connectivity index (χ4v) is 2.66. The molecule has 0 saturated carbocycles. The van der Waals surface area contributed by atoms with Gasteiger partial charge in [-0.15, -0.1) is 0 Å². The molecule has 25 heavy (non-hydrogen) atoms. The van der Waals surface area contributed by atoms with Gasteiger partial charge in [-0.3, -0.25) is 9.59 Å². The summed E-state index contributed by atoms with van der Waals surface area (Å²) in [6.07, 6.45) is 0. The predicted octanol–water partition coefficient (Wildman–Crippen LogP) is 2.99. The summed E-state index contributed by atoms with van der Waals surface area (Å²) in [5, 5.41) is 4.16. The number of carbonyl (C=O) groups is 1. The number of aromatic nitrogens is 1. The summed E-state index contributed by atoms with van der Waals surface area (Å²) in [7, 11) is 0. The standard InChI is InChI=1S/C20H20N2O3/c1-2-25-13-15-7-5-6-14(10-15)12-21-20(24)18-11-16-8-3-4-9-17(16)19(23)22-18/h3-11H,2,12-13H2,1H3,(H,21,24)(H,22,23). The summed E-state index contributed by atoms with van der Waals surface area (Å²) in [5.41, 5.74) is 2.04. The average Bonchev–Trinajstić information content (AvgIpc) is 2.64. The second kappa shape index (κ2) is 7.77. The van der Waals surface area contributed by atoms with E-state index in [9.17, 15) is 9.59 Å². The first-order valence-electron chi connectivity index (χ1n) is 8.23. The lowest BCUT2D eigenvalue weighted by Gasteiger charge is -2.08. The molecule has 0 aliphatic heterocycles. The lowest BCUT2D eigenvalue weighted by atomic mass is 10.1. The zero-order valence-electron chi connectivity index (χ0n) is 14.0. The van der Waals surface area contributed by atoms with Crippen LogP contribution in [0.1, 0.15) is 28.5 Å². The van der Waals surface area contributed by atoms with Crippen LogP contribution in [0.15, 0.2) is 59.4 Å². The van der Waals surface area contributed by atoms with Crippen molar-refractivity contribution in [3.8, 4) is 0 Å². The first kappa shape index (κ1) is 16.9. The number of ether oxygens (including phenoxy) is 1. The van der Waals surface area contributed by atoms with E-state index in [-0.39, 0.29) is 17.2 Å². The molecule has 0 radical (unpaired) electrons.